The highest BCUT2D eigenvalue weighted by Gasteiger charge is 2.15. The van der Waals surface area contributed by atoms with Gasteiger partial charge < -0.3 is 18.8 Å². The van der Waals surface area contributed by atoms with Gasteiger partial charge in [-0.15, -0.1) is 0 Å². The van der Waals surface area contributed by atoms with Gasteiger partial charge in [-0.1, -0.05) is 38.1 Å². The van der Waals surface area contributed by atoms with Crippen LogP contribution in [-0.4, -0.2) is 40.4 Å². The van der Waals surface area contributed by atoms with Crippen LogP contribution in [0.4, 0.5) is 0 Å². The van der Waals surface area contributed by atoms with E-state index in [9.17, 15) is 5.11 Å². The number of aliphatic hydroxyl groups is 1. The molecule has 3 aromatic rings. The molecule has 0 aliphatic carbocycles. The molecule has 0 amide bonds. The number of aromatic nitrogens is 1. The number of benzene rings is 1. The van der Waals surface area contributed by atoms with Gasteiger partial charge in [-0.05, 0) is 61.2 Å². The van der Waals surface area contributed by atoms with E-state index < -0.39 is 6.10 Å². The third kappa shape index (κ3) is 7.69. The fourth-order valence-corrected chi connectivity index (χ4v) is 3.66. The van der Waals surface area contributed by atoms with Crippen LogP contribution in [0.5, 0.6) is 0 Å². The van der Waals surface area contributed by atoms with Crippen molar-refractivity contribution in [1.82, 2.24) is 9.47 Å². The highest BCUT2D eigenvalue weighted by atomic mass is 16.5. The van der Waals surface area contributed by atoms with Crippen LogP contribution in [0.15, 0.2) is 65.4 Å². The van der Waals surface area contributed by atoms with Gasteiger partial charge in [0.2, 0.25) is 0 Å². The van der Waals surface area contributed by atoms with Gasteiger partial charge in [0.05, 0.1) is 19.0 Å². The van der Waals surface area contributed by atoms with Crippen molar-refractivity contribution in [3.05, 3.63) is 83.6 Å². The van der Waals surface area contributed by atoms with E-state index in [4.69, 9.17) is 9.15 Å². The minimum atomic E-state index is -0.540. The van der Waals surface area contributed by atoms with Crippen molar-refractivity contribution in [2.45, 2.75) is 53.0 Å². The first-order chi connectivity index (χ1) is 15.0. The quantitative estimate of drug-likeness (QED) is 0.426. The first-order valence-electron chi connectivity index (χ1n) is 11.2. The lowest BCUT2D eigenvalue weighted by Gasteiger charge is -2.26. The van der Waals surface area contributed by atoms with Gasteiger partial charge in [-0.2, -0.15) is 0 Å². The number of hydrogen-bond donors (Lipinski definition) is 1. The molecule has 0 radical (unpaired) electrons. The molecule has 31 heavy (non-hydrogen) atoms. The lowest BCUT2D eigenvalue weighted by molar-refractivity contribution is 0.00296. The molecule has 0 saturated heterocycles. The van der Waals surface area contributed by atoms with Crippen molar-refractivity contribution in [3.63, 3.8) is 0 Å². The van der Waals surface area contributed by atoms with Crippen LogP contribution < -0.4 is 0 Å². The van der Waals surface area contributed by atoms with Crippen molar-refractivity contribution in [2.24, 2.45) is 5.92 Å². The number of nitrogens with zero attached hydrogens (tertiary/aromatic N) is 2. The molecule has 0 unspecified atom stereocenters. The summed E-state index contributed by atoms with van der Waals surface area (Å²) in [4.78, 5) is 2.34. The van der Waals surface area contributed by atoms with E-state index in [2.05, 4.69) is 72.8 Å². The summed E-state index contributed by atoms with van der Waals surface area (Å²) >= 11 is 0. The second kappa shape index (κ2) is 11.9. The summed E-state index contributed by atoms with van der Waals surface area (Å²) in [6.07, 6.45) is 4.33. The Bertz CT molecular complexity index is 886. The maximum absolute atomic E-state index is 10.6. The largest absolute Gasteiger partial charge is 0.467 e. The number of ether oxygens (including phenoxy) is 1. The van der Waals surface area contributed by atoms with Gasteiger partial charge in [-0.25, -0.2) is 0 Å². The summed E-state index contributed by atoms with van der Waals surface area (Å²) < 4.78 is 13.2. The highest BCUT2D eigenvalue weighted by molar-refractivity contribution is 5.26. The van der Waals surface area contributed by atoms with E-state index in [0.717, 1.165) is 31.8 Å². The second-order valence-corrected chi connectivity index (χ2v) is 8.72. The number of aryl methyl sites for hydroxylation is 1. The zero-order valence-corrected chi connectivity index (χ0v) is 19.0. The Morgan fingerprint density at radius 3 is 2.68 bits per heavy atom. The molecule has 2 heterocycles. The van der Waals surface area contributed by atoms with Crippen LogP contribution in [0.25, 0.3) is 0 Å². The van der Waals surface area contributed by atoms with Gasteiger partial charge in [0.25, 0.3) is 0 Å². The molecule has 2 aromatic heterocycles. The molecule has 1 N–H and O–H groups in total. The normalized spacial score (nSPS) is 12.7. The highest BCUT2D eigenvalue weighted by Crippen LogP contribution is 2.15. The standard InChI is InChI=1S/C26H36N2O3/c1-21(2)12-14-27(18-25(29)19-30-20-26-11-7-15-31-26)17-24-10-6-13-28(24)16-23-9-5-4-8-22(23)3/h4-11,13,15,21,25,29H,12,14,16-20H2,1-3H3/t25-/m0/s1. The van der Waals surface area contributed by atoms with E-state index in [1.807, 2.05) is 12.1 Å². The zero-order valence-electron chi connectivity index (χ0n) is 19.0. The Kier molecular flexibility index (Phi) is 8.95. The lowest BCUT2D eigenvalue weighted by atomic mass is 10.1. The third-order valence-electron chi connectivity index (χ3n) is 5.54. The number of hydrogen-bond acceptors (Lipinski definition) is 4. The molecule has 168 valence electrons. The average molecular weight is 425 g/mol. The second-order valence-electron chi connectivity index (χ2n) is 8.72. The molecule has 5 nitrogen and oxygen atoms in total. The Hall–Kier alpha value is -2.34. The Labute approximate surface area is 186 Å². The van der Waals surface area contributed by atoms with E-state index in [-0.39, 0.29) is 0 Å². The van der Waals surface area contributed by atoms with Crippen LogP contribution in [-0.2, 0) is 24.4 Å². The molecule has 3 rings (SSSR count). The van der Waals surface area contributed by atoms with E-state index >= 15 is 0 Å². The van der Waals surface area contributed by atoms with Crippen LogP contribution in [0.2, 0.25) is 0 Å². The first-order valence-corrected chi connectivity index (χ1v) is 11.2. The first kappa shape index (κ1) is 23.3. The Morgan fingerprint density at radius 1 is 1.10 bits per heavy atom. The van der Waals surface area contributed by atoms with Gasteiger partial charge in [0, 0.05) is 31.5 Å². The molecule has 0 aliphatic rings. The van der Waals surface area contributed by atoms with Gasteiger partial charge >= 0.3 is 0 Å². The summed E-state index contributed by atoms with van der Waals surface area (Å²) in [5.74, 6) is 1.39. The fourth-order valence-electron chi connectivity index (χ4n) is 3.66. The number of furan rings is 1. The van der Waals surface area contributed by atoms with Crippen molar-refractivity contribution < 1.29 is 14.3 Å². The summed E-state index contributed by atoms with van der Waals surface area (Å²) in [5, 5.41) is 10.6. The molecule has 0 bridgehead atoms. The molecule has 0 aliphatic heterocycles. The maximum Gasteiger partial charge on any atom is 0.129 e. The van der Waals surface area contributed by atoms with Crippen LogP contribution >= 0.6 is 0 Å². The zero-order chi connectivity index (χ0) is 22.1. The molecule has 1 aromatic carbocycles. The molecule has 0 spiro atoms. The molecule has 0 saturated carbocycles. The minimum Gasteiger partial charge on any atom is -0.467 e. The monoisotopic (exact) mass is 424 g/mol. The van der Waals surface area contributed by atoms with Crippen LogP contribution in [0.1, 0.15) is 42.8 Å². The van der Waals surface area contributed by atoms with E-state index in [1.54, 1.807) is 6.26 Å². The summed E-state index contributed by atoms with van der Waals surface area (Å²) in [5.41, 5.74) is 3.90. The third-order valence-corrected chi connectivity index (χ3v) is 5.54. The SMILES string of the molecule is Cc1ccccc1Cn1cccc1CN(CCC(C)C)C[C@H](O)COCc1ccco1. The predicted molar refractivity (Wildman–Crippen MR) is 124 cm³/mol. The van der Waals surface area contributed by atoms with Crippen molar-refractivity contribution in [1.29, 1.82) is 0 Å². The van der Waals surface area contributed by atoms with E-state index in [1.165, 1.54) is 16.8 Å². The minimum absolute atomic E-state index is 0.295. The predicted octanol–water partition coefficient (Wildman–Crippen LogP) is 4.86. The smallest absolute Gasteiger partial charge is 0.129 e. The van der Waals surface area contributed by atoms with Gasteiger partial charge in [0.15, 0.2) is 0 Å². The van der Waals surface area contributed by atoms with Gasteiger partial charge in [-0.3, -0.25) is 4.90 Å². The molecule has 1 atom stereocenters. The lowest BCUT2D eigenvalue weighted by Crippen LogP contribution is -2.36. The summed E-state index contributed by atoms with van der Waals surface area (Å²) in [6.45, 7) is 10.5. The Balaban J connectivity index is 1.58. The fraction of sp³-hybridized carbons (Fsp3) is 0.462. The van der Waals surface area contributed by atoms with Gasteiger partial charge in [0.1, 0.15) is 12.4 Å². The number of aliphatic hydroxyl groups excluding tert-OH is 1. The molecular formula is C26H36N2O3. The summed E-state index contributed by atoms with van der Waals surface area (Å²) in [6, 6.07) is 16.5. The van der Waals surface area contributed by atoms with E-state index in [0.29, 0.717) is 25.7 Å². The maximum atomic E-state index is 10.6. The Morgan fingerprint density at radius 2 is 1.94 bits per heavy atom. The molecular weight excluding hydrogens is 388 g/mol. The summed E-state index contributed by atoms with van der Waals surface area (Å²) in [7, 11) is 0. The van der Waals surface area contributed by atoms with Crippen molar-refractivity contribution >= 4 is 0 Å². The van der Waals surface area contributed by atoms with Crippen molar-refractivity contribution in [2.75, 3.05) is 19.7 Å². The van der Waals surface area contributed by atoms with Crippen LogP contribution in [0, 0.1) is 12.8 Å². The topological polar surface area (TPSA) is 50.8 Å². The molecule has 0 fully saturated rings. The average Bonchev–Trinajstić information content (AvgIpc) is 3.40. The number of rotatable bonds is 13. The molecule has 5 heteroatoms. The van der Waals surface area contributed by atoms with Crippen LogP contribution in [0.3, 0.4) is 0 Å². The van der Waals surface area contributed by atoms with Crippen molar-refractivity contribution in [3.8, 4) is 0 Å².